The number of hydrogen-bond acceptors (Lipinski definition) is 2. The van der Waals surface area contributed by atoms with Gasteiger partial charge in [0.05, 0.1) is 17.2 Å². The molecular weight excluding hydrogens is 312 g/mol. The Hall–Kier alpha value is -1.75. The molecule has 1 aliphatic carbocycles. The fourth-order valence-corrected chi connectivity index (χ4v) is 2.69. The van der Waals surface area contributed by atoms with Crippen LogP contribution >= 0.6 is 0 Å². The fourth-order valence-electron chi connectivity index (χ4n) is 2.69. The van der Waals surface area contributed by atoms with Crippen LogP contribution in [0.4, 0.5) is 26.3 Å². The van der Waals surface area contributed by atoms with E-state index in [1.54, 1.807) is 0 Å². The number of nitriles is 1. The first-order valence-electron chi connectivity index (χ1n) is 6.35. The molecule has 1 atom stereocenters. The predicted octanol–water partition coefficient (Wildman–Crippen LogP) is 4.05. The third-order valence-electron chi connectivity index (χ3n) is 3.88. The first kappa shape index (κ1) is 16.6. The molecule has 0 saturated heterocycles. The van der Waals surface area contributed by atoms with E-state index in [0.717, 1.165) is 13.0 Å². The molecule has 1 aliphatic rings. The molecule has 0 aliphatic heterocycles. The van der Waals surface area contributed by atoms with Crippen LogP contribution in [0.3, 0.4) is 0 Å². The van der Waals surface area contributed by atoms with Crippen LogP contribution in [-0.4, -0.2) is 11.3 Å². The monoisotopic (exact) mass is 323 g/mol. The predicted molar refractivity (Wildman–Crippen MR) is 63.6 cm³/mol. The van der Waals surface area contributed by atoms with Crippen LogP contribution in [0.1, 0.15) is 35.1 Å². The van der Waals surface area contributed by atoms with E-state index < -0.39 is 46.1 Å². The number of benzene rings is 1. The zero-order valence-corrected chi connectivity index (χ0v) is 11.3. The summed E-state index contributed by atoms with van der Waals surface area (Å²) >= 11 is 0. The number of hydrogen-bond donors (Lipinski definition) is 1. The average molecular weight is 323 g/mol. The van der Waals surface area contributed by atoms with Gasteiger partial charge in [-0.3, -0.25) is 0 Å². The van der Waals surface area contributed by atoms with Crippen LogP contribution in [0, 0.1) is 24.2 Å². The Bertz CT molecular complexity index is 638. The van der Waals surface area contributed by atoms with Gasteiger partial charge in [0.25, 0.3) is 0 Å². The Morgan fingerprint density at radius 2 is 1.68 bits per heavy atom. The van der Waals surface area contributed by atoms with Crippen LogP contribution < -0.4 is 0 Å². The van der Waals surface area contributed by atoms with E-state index in [-0.39, 0.29) is 12.8 Å². The topological polar surface area (TPSA) is 44.0 Å². The molecule has 2 rings (SSSR count). The molecule has 1 aromatic carbocycles. The molecule has 1 aromatic rings. The number of alkyl halides is 6. The van der Waals surface area contributed by atoms with Crippen molar-refractivity contribution in [3.63, 3.8) is 0 Å². The fraction of sp³-hybridized carbons (Fsp3) is 0.500. The molecule has 120 valence electrons. The molecule has 2 nitrogen and oxygen atoms in total. The summed E-state index contributed by atoms with van der Waals surface area (Å²) in [6, 6.07) is 2.75. The second-order valence-corrected chi connectivity index (χ2v) is 5.31. The summed E-state index contributed by atoms with van der Waals surface area (Å²) in [6.45, 7) is 0.845. The quantitative estimate of drug-likeness (QED) is 0.835. The first-order chi connectivity index (χ1) is 9.94. The van der Waals surface area contributed by atoms with E-state index in [1.165, 1.54) is 6.07 Å². The minimum atomic E-state index is -5.10. The summed E-state index contributed by atoms with van der Waals surface area (Å²) in [5.41, 5.74) is -7.14. The van der Waals surface area contributed by atoms with Crippen molar-refractivity contribution in [2.75, 3.05) is 0 Å². The maximum atomic E-state index is 13.3. The molecule has 1 N–H and O–H groups in total. The summed E-state index contributed by atoms with van der Waals surface area (Å²) in [6.07, 6.45) is -9.93. The zero-order valence-electron chi connectivity index (χ0n) is 11.3. The van der Waals surface area contributed by atoms with Crippen LogP contribution in [0.2, 0.25) is 0 Å². The minimum Gasteiger partial charge on any atom is -0.376 e. The average Bonchev–Trinajstić information content (AvgIpc) is 3.18. The van der Waals surface area contributed by atoms with Gasteiger partial charge in [0.15, 0.2) is 5.60 Å². The third kappa shape index (κ3) is 2.43. The molecule has 8 heteroatoms. The Kier molecular flexibility index (Phi) is 3.69. The van der Waals surface area contributed by atoms with Crippen LogP contribution in [0.25, 0.3) is 0 Å². The number of halogens is 6. The van der Waals surface area contributed by atoms with Gasteiger partial charge < -0.3 is 5.11 Å². The molecular formula is C14H11F6NO. The van der Waals surface area contributed by atoms with Gasteiger partial charge in [-0.05, 0) is 37.0 Å². The molecule has 0 heterocycles. The first-order valence-corrected chi connectivity index (χ1v) is 6.35. The number of aliphatic hydroxyl groups is 1. The van der Waals surface area contributed by atoms with Crippen molar-refractivity contribution >= 4 is 0 Å². The Morgan fingerprint density at radius 3 is 2.05 bits per heavy atom. The standard InChI is InChI=1S/C14H11F6NO/c1-7-10(12(22,9-3-4-9)14(18,19)20)5-2-8(6-21)11(7)13(15,16)17/h2,5,9,22H,3-4H2,1H3. The van der Waals surface area contributed by atoms with Crippen molar-refractivity contribution in [2.24, 2.45) is 5.92 Å². The Morgan fingerprint density at radius 1 is 1.14 bits per heavy atom. The molecule has 1 unspecified atom stereocenters. The lowest BCUT2D eigenvalue weighted by Crippen LogP contribution is -2.45. The second-order valence-electron chi connectivity index (χ2n) is 5.31. The lowest BCUT2D eigenvalue weighted by molar-refractivity contribution is -0.275. The highest BCUT2D eigenvalue weighted by Crippen LogP contribution is 2.55. The smallest absolute Gasteiger partial charge is 0.376 e. The molecule has 0 aromatic heterocycles. The Labute approximate surface area is 122 Å². The highest BCUT2D eigenvalue weighted by molar-refractivity contribution is 5.50. The lowest BCUT2D eigenvalue weighted by Gasteiger charge is -2.33. The summed E-state index contributed by atoms with van der Waals surface area (Å²) in [7, 11) is 0. The molecule has 22 heavy (non-hydrogen) atoms. The number of rotatable bonds is 2. The van der Waals surface area contributed by atoms with E-state index in [0.29, 0.717) is 6.07 Å². The van der Waals surface area contributed by atoms with Gasteiger partial charge in [0, 0.05) is 5.92 Å². The molecule has 0 bridgehead atoms. The van der Waals surface area contributed by atoms with E-state index in [1.807, 2.05) is 0 Å². The molecule has 0 spiro atoms. The van der Waals surface area contributed by atoms with Crippen molar-refractivity contribution < 1.29 is 31.4 Å². The van der Waals surface area contributed by atoms with Crippen molar-refractivity contribution in [1.82, 2.24) is 0 Å². The van der Waals surface area contributed by atoms with Gasteiger partial charge in [-0.15, -0.1) is 0 Å². The summed E-state index contributed by atoms with van der Waals surface area (Å²) in [5, 5.41) is 18.9. The maximum absolute atomic E-state index is 13.3. The Balaban J connectivity index is 2.75. The van der Waals surface area contributed by atoms with Crippen LogP contribution in [0.5, 0.6) is 0 Å². The minimum absolute atomic E-state index is 0.0802. The lowest BCUT2D eigenvalue weighted by atomic mass is 9.82. The van der Waals surface area contributed by atoms with Gasteiger partial charge in [-0.2, -0.15) is 31.6 Å². The largest absolute Gasteiger partial charge is 0.421 e. The third-order valence-corrected chi connectivity index (χ3v) is 3.88. The van der Waals surface area contributed by atoms with Gasteiger partial charge in [0.1, 0.15) is 0 Å². The van der Waals surface area contributed by atoms with E-state index in [9.17, 15) is 31.4 Å². The van der Waals surface area contributed by atoms with E-state index in [4.69, 9.17) is 5.26 Å². The molecule has 1 saturated carbocycles. The van der Waals surface area contributed by atoms with E-state index >= 15 is 0 Å². The van der Waals surface area contributed by atoms with Gasteiger partial charge >= 0.3 is 12.4 Å². The summed E-state index contributed by atoms with van der Waals surface area (Å²) < 4.78 is 79.0. The normalized spacial score (nSPS) is 18.7. The van der Waals surface area contributed by atoms with Crippen molar-refractivity contribution in [3.8, 4) is 6.07 Å². The van der Waals surface area contributed by atoms with Crippen LogP contribution in [0.15, 0.2) is 12.1 Å². The highest BCUT2D eigenvalue weighted by Gasteiger charge is 2.63. The van der Waals surface area contributed by atoms with E-state index in [2.05, 4.69) is 0 Å². The van der Waals surface area contributed by atoms with Gasteiger partial charge in [0.2, 0.25) is 0 Å². The maximum Gasteiger partial charge on any atom is 0.421 e. The van der Waals surface area contributed by atoms with Crippen LogP contribution in [-0.2, 0) is 11.8 Å². The molecule has 0 radical (unpaired) electrons. The number of nitrogens with zero attached hydrogens (tertiary/aromatic N) is 1. The SMILES string of the molecule is Cc1c(C(O)(C2CC2)C(F)(F)F)ccc(C#N)c1C(F)(F)F. The van der Waals surface area contributed by atoms with Gasteiger partial charge in [-0.1, -0.05) is 6.07 Å². The molecule has 0 amide bonds. The molecule has 1 fully saturated rings. The van der Waals surface area contributed by atoms with Crippen molar-refractivity contribution in [2.45, 2.75) is 37.7 Å². The van der Waals surface area contributed by atoms with Crippen molar-refractivity contribution in [3.05, 3.63) is 34.4 Å². The second kappa shape index (κ2) is 4.88. The highest BCUT2D eigenvalue weighted by atomic mass is 19.4. The summed E-state index contributed by atoms with van der Waals surface area (Å²) in [4.78, 5) is 0. The zero-order chi connectivity index (χ0) is 16.9. The summed E-state index contributed by atoms with van der Waals surface area (Å²) in [5.74, 6) is -1.17. The van der Waals surface area contributed by atoms with Crippen molar-refractivity contribution in [1.29, 1.82) is 5.26 Å². The van der Waals surface area contributed by atoms with Gasteiger partial charge in [-0.25, -0.2) is 0 Å².